The number of aliphatic imine (C=N–C) groups is 1. The molecule has 0 aromatic carbocycles. The summed E-state index contributed by atoms with van der Waals surface area (Å²) in [6, 6.07) is 4.47. The van der Waals surface area contributed by atoms with Crippen LogP contribution in [0.1, 0.15) is 26.0 Å². The number of halogens is 1. The van der Waals surface area contributed by atoms with Gasteiger partial charge in [-0.25, -0.2) is 4.99 Å². The Hall–Kier alpha value is -0.980. The first-order valence-corrected chi connectivity index (χ1v) is 6.87. The fraction of sp³-hybridized carbons (Fsp3) is 0.533. The molecule has 2 N–H and O–H groups in total. The van der Waals surface area contributed by atoms with Crippen molar-refractivity contribution in [3.05, 3.63) is 36.3 Å². The van der Waals surface area contributed by atoms with Gasteiger partial charge >= 0.3 is 0 Å². The third-order valence-corrected chi connectivity index (χ3v) is 3.18. The highest BCUT2D eigenvalue weighted by Crippen LogP contribution is 2.28. The lowest BCUT2D eigenvalue weighted by molar-refractivity contribution is 0.506. The second-order valence-electron chi connectivity index (χ2n) is 5.34. The average Bonchev–Trinajstić information content (AvgIpc) is 2.85. The minimum Gasteiger partial charge on any atom is -0.469 e. The van der Waals surface area contributed by atoms with Gasteiger partial charge in [0.1, 0.15) is 5.76 Å². The van der Waals surface area contributed by atoms with Crippen LogP contribution in [0.3, 0.4) is 0 Å². The molecule has 1 aliphatic rings. The standard InChI is InChI=1S/C15H23N3O.HI/c1-11(2)10-17-15(18-14-9-12(14)3)16-7-6-13-5-4-8-19-13;/h4-5,8,12,14H,1,6-7,9-10H2,2-3H3,(H2,16,17,18);1H. The van der Waals surface area contributed by atoms with E-state index in [0.717, 1.165) is 36.2 Å². The molecule has 20 heavy (non-hydrogen) atoms. The Labute approximate surface area is 138 Å². The molecule has 5 heteroatoms. The van der Waals surface area contributed by atoms with Crippen LogP contribution in [0.5, 0.6) is 0 Å². The maximum absolute atomic E-state index is 5.31. The molecule has 0 radical (unpaired) electrons. The quantitative estimate of drug-likeness (QED) is 0.341. The molecule has 1 fully saturated rings. The lowest BCUT2D eigenvalue weighted by atomic mass is 10.3. The van der Waals surface area contributed by atoms with Crippen molar-refractivity contribution in [2.45, 2.75) is 32.7 Å². The summed E-state index contributed by atoms with van der Waals surface area (Å²) in [5.41, 5.74) is 1.07. The lowest BCUT2D eigenvalue weighted by Gasteiger charge is -2.12. The number of furan rings is 1. The molecule has 1 aromatic heterocycles. The Morgan fingerprint density at radius 3 is 2.85 bits per heavy atom. The number of hydrogen-bond donors (Lipinski definition) is 2. The summed E-state index contributed by atoms with van der Waals surface area (Å²) in [5.74, 6) is 2.62. The molecule has 1 aromatic rings. The maximum atomic E-state index is 5.31. The fourth-order valence-electron chi connectivity index (χ4n) is 1.82. The Kier molecular flexibility index (Phi) is 7.12. The second-order valence-corrected chi connectivity index (χ2v) is 5.34. The molecule has 2 rings (SSSR count). The van der Waals surface area contributed by atoms with Crippen LogP contribution in [0.15, 0.2) is 40.0 Å². The second kappa shape index (κ2) is 8.34. The molecule has 0 aliphatic heterocycles. The molecule has 2 unspecified atom stereocenters. The molecule has 0 amide bonds. The van der Waals surface area contributed by atoms with Crippen molar-refractivity contribution in [2.24, 2.45) is 10.9 Å². The number of guanidine groups is 1. The summed E-state index contributed by atoms with van der Waals surface area (Å²) in [5, 5.41) is 6.79. The van der Waals surface area contributed by atoms with Crippen molar-refractivity contribution in [1.82, 2.24) is 10.6 Å². The highest BCUT2D eigenvalue weighted by molar-refractivity contribution is 14.0. The summed E-state index contributed by atoms with van der Waals surface area (Å²) in [6.45, 7) is 9.60. The topological polar surface area (TPSA) is 49.6 Å². The van der Waals surface area contributed by atoms with E-state index < -0.39 is 0 Å². The molecule has 0 saturated heterocycles. The van der Waals surface area contributed by atoms with Gasteiger partial charge in [0.25, 0.3) is 0 Å². The molecule has 2 atom stereocenters. The Morgan fingerprint density at radius 1 is 1.55 bits per heavy atom. The monoisotopic (exact) mass is 389 g/mol. The Balaban J connectivity index is 0.00000200. The molecule has 1 aliphatic carbocycles. The van der Waals surface area contributed by atoms with Crippen molar-refractivity contribution in [3.8, 4) is 0 Å². The van der Waals surface area contributed by atoms with Gasteiger partial charge in [0, 0.05) is 19.0 Å². The van der Waals surface area contributed by atoms with Gasteiger partial charge in [-0.1, -0.05) is 19.1 Å². The van der Waals surface area contributed by atoms with Gasteiger partial charge in [-0.3, -0.25) is 0 Å². The largest absolute Gasteiger partial charge is 0.469 e. The van der Waals surface area contributed by atoms with Crippen molar-refractivity contribution in [1.29, 1.82) is 0 Å². The summed E-state index contributed by atoms with van der Waals surface area (Å²) in [7, 11) is 0. The van der Waals surface area contributed by atoms with E-state index in [2.05, 4.69) is 29.1 Å². The molecular formula is C15H24IN3O. The van der Waals surface area contributed by atoms with Crippen LogP contribution in [0.25, 0.3) is 0 Å². The number of nitrogens with one attached hydrogen (secondary N) is 2. The number of rotatable bonds is 6. The fourth-order valence-corrected chi connectivity index (χ4v) is 1.82. The van der Waals surface area contributed by atoms with E-state index in [-0.39, 0.29) is 24.0 Å². The molecule has 1 heterocycles. The van der Waals surface area contributed by atoms with E-state index >= 15 is 0 Å². The average molecular weight is 389 g/mol. The lowest BCUT2D eigenvalue weighted by Crippen LogP contribution is -2.40. The van der Waals surface area contributed by atoms with E-state index in [1.54, 1.807) is 6.26 Å². The van der Waals surface area contributed by atoms with E-state index in [0.29, 0.717) is 12.6 Å². The first-order chi connectivity index (χ1) is 9.15. The van der Waals surface area contributed by atoms with Gasteiger partial charge in [-0.15, -0.1) is 24.0 Å². The predicted octanol–water partition coefficient (Wildman–Crippen LogP) is 2.96. The van der Waals surface area contributed by atoms with Gasteiger partial charge in [0.05, 0.1) is 12.8 Å². The van der Waals surface area contributed by atoms with Gasteiger partial charge in [-0.05, 0) is 31.4 Å². The third kappa shape index (κ3) is 5.98. The third-order valence-electron chi connectivity index (χ3n) is 3.18. The van der Waals surface area contributed by atoms with E-state index in [4.69, 9.17) is 4.42 Å². The van der Waals surface area contributed by atoms with Crippen molar-refractivity contribution in [2.75, 3.05) is 13.1 Å². The smallest absolute Gasteiger partial charge is 0.191 e. The van der Waals surface area contributed by atoms with Gasteiger partial charge in [0.2, 0.25) is 0 Å². The van der Waals surface area contributed by atoms with E-state index in [9.17, 15) is 0 Å². The predicted molar refractivity (Wildman–Crippen MR) is 93.7 cm³/mol. The molecule has 112 valence electrons. The first kappa shape index (κ1) is 17.1. The molecular weight excluding hydrogens is 365 g/mol. The van der Waals surface area contributed by atoms with Crippen LogP contribution in [0, 0.1) is 5.92 Å². The normalized spacial score (nSPS) is 21.0. The summed E-state index contributed by atoms with van der Waals surface area (Å²) < 4.78 is 5.31. The molecule has 0 bridgehead atoms. The van der Waals surface area contributed by atoms with Crippen molar-refractivity contribution in [3.63, 3.8) is 0 Å². The summed E-state index contributed by atoms with van der Waals surface area (Å²) in [6.07, 6.45) is 3.79. The first-order valence-electron chi connectivity index (χ1n) is 6.87. The van der Waals surface area contributed by atoms with E-state index in [1.165, 1.54) is 6.42 Å². The molecule has 0 spiro atoms. The SMILES string of the molecule is C=C(C)CN=C(NCCc1ccco1)NC1CC1C.I. The zero-order valence-corrected chi connectivity index (χ0v) is 14.5. The van der Waals surface area contributed by atoms with Crippen molar-refractivity contribution >= 4 is 29.9 Å². The maximum Gasteiger partial charge on any atom is 0.191 e. The minimum absolute atomic E-state index is 0. The highest BCUT2D eigenvalue weighted by Gasteiger charge is 2.33. The van der Waals surface area contributed by atoms with Crippen LogP contribution in [-0.2, 0) is 6.42 Å². The Morgan fingerprint density at radius 2 is 2.30 bits per heavy atom. The zero-order valence-electron chi connectivity index (χ0n) is 12.2. The zero-order chi connectivity index (χ0) is 13.7. The van der Waals surface area contributed by atoms with E-state index in [1.807, 2.05) is 19.1 Å². The molecule has 1 saturated carbocycles. The van der Waals surface area contributed by atoms with Crippen LogP contribution < -0.4 is 10.6 Å². The van der Waals surface area contributed by atoms with Gasteiger partial charge < -0.3 is 15.1 Å². The van der Waals surface area contributed by atoms with Crippen LogP contribution >= 0.6 is 24.0 Å². The minimum atomic E-state index is 0. The number of nitrogens with zero attached hydrogens (tertiary/aromatic N) is 1. The summed E-state index contributed by atoms with van der Waals surface area (Å²) >= 11 is 0. The Bertz CT molecular complexity index is 442. The van der Waals surface area contributed by atoms with Gasteiger partial charge in [0.15, 0.2) is 5.96 Å². The van der Waals surface area contributed by atoms with Crippen LogP contribution in [0.2, 0.25) is 0 Å². The van der Waals surface area contributed by atoms with Gasteiger partial charge in [-0.2, -0.15) is 0 Å². The highest BCUT2D eigenvalue weighted by atomic mass is 127. The van der Waals surface area contributed by atoms with Crippen molar-refractivity contribution < 1.29 is 4.42 Å². The molecule has 4 nitrogen and oxygen atoms in total. The van der Waals surface area contributed by atoms with Crippen LogP contribution in [0.4, 0.5) is 0 Å². The number of hydrogen-bond acceptors (Lipinski definition) is 2. The van der Waals surface area contributed by atoms with Crippen LogP contribution in [-0.4, -0.2) is 25.1 Å². The summed E-state index contributed by atoms with van der Waals surface area (Å²) in [4.78, 5) is 4.52.